The van der Waals surface area contributed by atoms with Crippen LogP contribution in [0.4, 0.5) is 0 Å². The quantitative estimate of drug-likeness (QED) is 0.408. The van der Waals surface area contributed by atoms with Crippen LogP contribution in [0.1, 0.15) is 11.7 Å². The van der Waals surface area contributed by atoms with Gasteiger partial charge in [0.25, 0.3) is 0 Å². The SMILES string of the molecule is COc1cc2oc3cc(OC)c([C@@H]4O[C@H](CO)[C@@H](O)[C@H](OC)[C@H]4O)c(OC)c3c(=O)c2cc1OC. The van der Waals surface area contributed by atoms with Gasteiger partial charge in [0, 0.05) is 19.2 Å². The van der Waals surface area contributed by atoms with Crippen molar-refractivity contribution in [2.75, 3.05) is 42.2 Å². The lowest BCUT2D eigenvalue weighted by Gasteiger charge is -2.42. The van der Waals surface area contributed by atoms with E-state index >= 15 is 0 Å². The van der Waals surface area contributed by atoms with Gasteiger partial charge in [-0.15, -0.1) is 0 Å². The van der Waals surface area contributed by atoms with Crippen molar-refractivity contribution in [3.8, 4) is 23.0 Å². The molecule has 3 aromatic rings. The molecule has 0 aliphatic carbocycles. The Hall–Kier alpha value is -3.09. The molecular weight excluding hydrogens is 464 g/mol. The van der Waals surface area contributed by atoms with Crippen molar-refractivity contribution in [1.82, 2.24) is 0 Å². The number of aliphatic hydroxyl groups is 3. The van der Waals surface area contributed by atoms with Crippen LogP contribution in [-0.4, -0.2) is 81.9 Å². The molecule has 0 radical (unpaired) electrons. The monoisotopic (exact) mass is 492 g/mol. The van der Waals surface area contributed by atoms with Crippen molar-refractivity contribution in [2.24, 2.45) is 0 Å². The van der Waals surface area contributed by atoms with E-state index < -0.39 is 42.6 Å². The molecule has 1 aliphatic rings. The molecule has 0 unspecified atom stereocenters. The predicted molar refractivity (Wildman–Crippen MR) is 124 cm³/mol. The number of methoxy groups -OCH3 is 5. The number of hydrogen-bond acceptors (Lipinski definition) is 11. The highest BCUT2D eigenvalue weighted by molar-refractivity contribution is 5.96. The Balaban J connectivity index is 2.03. The molecule has 0 saturated carbocycles. The molecule has 0 bridgehead atoms. The Morgan fingerprint density at radius 3 is 2.06 bits per heavy atom. The summed E-state index contributed by atoms with van der Waals surface area (Å²) >= 11 is 0. The fourth-order valence-electron chi connectivity index (χ4n) is 4.55. The Morgan fingerprint density at radius 1 is 0.857 bits per heavy atom. The molecule has 5 atom stereocenters. The first kappa shape index (κ1) is 25.0. The minimum absolute atomic E-state index is 0.0526. The minimum Gasteiger partial charge on any atom is -0.496 e. The number of aliphatic hydroxyl groups excluding tert-OH is 3. The molecule has 4 rings (SSSR count). The van der Waals surface area contributed by atoms with Gasteiger partial charge in [-0.1, -0.05) is 0 Å². The van der Waals surface area contributed by atoms with Crippen LogP contribution in [0.5, 0.6) is 23.0 Å². The standard InChI is InChI=1S/C24H28O11/c1-29-12-6-10-11(7-13(12)30-2)34-15-8-14(31-3)18(22(32-4)17(15)19(10)26)23-21(28)24(33-5)20(27)16(9-25)35-23/h6-8,16,20-21,23-25,27-28H,9H2,1-5H3/t16-,20-,21+,23+,24+/m1/s1. The lowest BCUT2D eigenvalue weighted by Crippen LogP contribution is -2.56. The highest BCUT2D eigenvalue weighted by Crippen LogP contribution is 2.46. The summed E-state index contributed by atoms with van der Waals surface area (Å²) in [7, 11) is 7.01. The van der Waals surface area contributed by atoms with Crippen molar-refractivity contribution >= 4 is 21.9 Å². The van der Waals surface area contributed by atoms with Gasteiger partial charge in [-0.05, 0) is 6.07 Å². The molecule has 11 nitrogen and oxygen atoms in total. The van der Waals surface area contributed by atoms with Gasteiger partial charge < -0.3 is 48.2 Å². The van der Waals surface area contributed by atoms with E-state index in [-0.39, 0.29) is 39.0 Å². The van der Waals surface area contributed by atoms with Crippen LogP contribution in [0, 0.1) is 0 Å². The Labute approximate surface area is 200 Å². The first-order valence-electron chi connectivity index (χ1n) is 10.8. The van der Waals surface area contributed by atoms with Gasteiger partial charge in [-0.25, -0.2) is 0 Å². The molecular formula is C24H28O11. The zero-order chi connectivity index (χ0) is 25.4. The Bertz CT molecular complexity index is 1280. The van der Waals surface area contributed by atoms with Gasteiger partial charge in [-0.2, -0.15) is 0 Å². The maximum absolute atomic E-state index is 13.7. The third kappa shape index (κ3) is 3.95. The van der Waals surface area contributed by atoms with E-state index in [1.54, 1.807) is 6.07 Å². The molecule has 11 heteroatoms. The van der Waals surface area contributed by atoms with E-state index in [2.05, 4.69) is 0 Å². The lowest BCUT2D eigenvalue weighted by molar-refractivity contribution is -0.238. The molecule has 0 spiro atoms. The second-order valence-electron chi connectivity index (χ2n) is 7.99. The second kappa shape index (κ2) is 9.88. The topological polar surface area (TPSA) is 146 Å². The first-order valence-corrected chi connectivity index (χ1v) is 10.8. The van der Waals surface area contributed by atoms with Crippen LogP contribution in [0.2, 0.25) is 0 Å². The summed E-state index contributed by atoms with van der Waals surface area (Å²) in [5, 5.41) is 31.5. The molecule has 2 aromatic carbocycles. The zero-order valence-corrected chi connectivity index (χ0v) is 19.9. The third-order valence-corrected chi connectivity index (χ3v) is 6.27. The van der Waals surface area contributed by atoms with Crippen LogP contribution in [0.15, 0.2) is 27.4 Å². The van der Waals surface area contributed by atoms with Gasteiger partial charge in [0.1, 0.15) is 58.6 Å². The summed E-state index contributed by atoms with van der Waals surface area (Å²) < 4.78 is 39.0. The summed E-state index contributed by atoms with van der Waals surface area (Å²) in [6, 6.07) is 4.54. The van der Waals surface area contributed by atoms with E-state index in [1.807, 2.05) is 0 Å². The van der Waals surface area contributed by atoms with E-state index in [4.69, 9.17) is 32.8 Å². The first-order chi connectivity index (χ1) is 16.8. The number of hydrogen-bond donors (Lipinski definition) is 3. The fraction of sp³-hybridized carbons (Fsp3) is 0.458. The maximum Gasteiger partial charge on any atom is 0.204 e. The van der Waals surface area contributed by atoms with E-state index in [0.717, 1.165) is 0 Å². The van der Waals surface area contributed by atoms with Gasteiger partial charge in [0.15, 0.2) is 11.5 Å². The Kier molecular flexibility index (Phi) is 7.06. The van der Waals surface area contributed by atoms with Crippen molar-refractivity contribution in [2.45, 2.75) is 30.5 Å². The van der Waals surface area contributed by atoms with Crippen molar-refractivity contribution in [3.63, 3.8) is 0 Å². The van der Waals surface area contributed by atoms with E-state index in [1.165, 1.54) is 47.7 Å². The summed E-state index contributed by atoms with van der Waals surface area (Å²) in [6.45, 7) is -0.531. The lowest BCUT2D eigenvalue weighted by atomic mass is 9.89. The van der Waals surface area contributed by atoms with E-state index in [9.17, 15) is 20.1 Å². The number of fused-ring (bicyclic) bond motifs is 2. The largest absolute Gasteiger partial charge is 0.496 e. The molecule has 1 saturated heterocycles. The number of ether oxygens (including phenoxy) is 6. The molecule has 1 aromatic heterocycles. The number of benzene rings is 2. The van der Waals surface area contributed by atoms with Crippen LogP contribution >= 0.6 is 0 Å². The molecule has 2 heterocycles. The summed E-state index contributed by atoms with van der Waals surface area (Å²) in [5.41, 5.74) is 0.207. The van der Waals surface area contributed by atoms with Crippen molar-refractivity contribution in [3.05, 3.63) is 34.0 Å². The van der Waals surface area contributed by atoms with Gasteiger partial charge in [0.05, 0.1) is 46.0 Å². The van der Waals surface area contributed by atoms with Crippen LogP contribution in [0.3, 0.4) is 0 Å². The molecule has 0 amide bonds. The molecule has 190 valence electrons. The van der Waals surface area contributed by atoms with Crippen LogP contribution in [0.25, 0.3) is 21.9 Å². The molecule has 1 aliphatic heterocycles. The predicted octanol–water partition coefficient (Wildman–Crippen LogP) is 1.15. The smallest absolute Gasteiger partial charge is 0.204 e. The Morgan fingerprint density at radius 2 is 1.49 bits per heavy atom. The van der Waals surface area contributed by atoms with Gasteiger partial charge in [0.2, 0.25) is 5.43 Å². The molecule has 35 heavy (non-hydrogen) atoms. The normalized spacial score (nSPS) is 24.5. The van der Waals surface area contributed by atoms with Gasteiger partial charge >= 0.3 is 0 Å². The maximum atomic E-state index is 13.7. The zero-order valence-electron chi connectivity index (χ0n) is 19.9. The van der Waals surface area contributed by atoms with Crippen LogP contribution in [-0.2, 0) is 9.47 Å². The third-order valence-electron chi connectivity index (χ3n) is 6.27. The average Bonchev–Trinajstić information content (AvgIpc) is 2.87. The van der Waals surface area contributed by atoms with Gasteiger partial charge in [-0.3, -0.25) is 4.79 Å². The van der Waals surface area contributed by atoms with Crippen molar-refractivity contribution < 1.29 is 48.2 Å². The summed E-state index contributed by atoms with van der Waals surface area (Å²) in [5.74, 6) is 0.977. The molecule has 3 N–H and O–H groups in total. The minimum atomic E-state index is -1.38. The van der Waals surface area contributed by atoms with E-state index in [0.29, 0.717) is 11.5 Å². The summed E-state index contributed by atoms with van der Waals surface area (Å²) in [6.07, 6.45) is -5.99. The average molecular weight is 492 g/mol. The second-order valence-corrected chi connectivity index (χ2v) is 7.99. The highest BCUT2D eigenvalue weighted by atomic mass is 16.6. The van der Waals surface area contributed by atoms with Crippen molar-refractivity contribution in [1.29, 1.82) is 0 Å². The summed E-state index contributed by atoms with van der Waals surface area (Å²) in [4.78, 5) is 13.7. The highest BCUT2D eigenvalue weighted by Gasteiger charge is 2.47. The fourth-order valence-corrected chi connectivity index (χ4v) is 4.55. The molecule has 1 fully saturated rings. The van der Waals surface area contributed by atoms with Crippen LogP contribution < -0.4 is 24.4 Å². The number of rotatable bonds is 7.